The van der Waals surface area contributed by atoms with Crippen LogP contribution < -0.4 is 10.6 Å². The third-order valence-electron chi connectivity index (χ3n) is 5.13. The second-order valence-electron chi connectivity index (χ2n) is 6.93. The molecule has 0 fully saturated rings. The number of amides is 2. The fourth-order valence-electron chi connectivity index (χ4n) is 4.02. The van der Waals surface area contributed by atoms with Gasteiger partial charge in [0, 0.05) is 17.1 Å². The minimum Gasteiger partial charge on any atom is -0.315 e. The molecule has 1 aromatic heterocycles. The van der Waals surface area contributed by atoms with Crippen molar-refractivity contribution in [3.05, 3.63) is 45.1 Å². The van der Waals surface area contributed by atoms with E-state index in [0.29, 0.717) is 6.54 Å². The van der Waals surface area contributed by atoms with Gasteiger partial charge in [-0.3, -0.25) is 0 Å². The van der Waals surface area contributed by atoms with Crippen molar-refractivity contribution in [2.24, 2.45) is 4.36 Å². The number of hydrogen-bond donors (Lipinski definition) is 3. The minimum atomic E-state index is -2.46. The van der Waals surface area contributed by atoms with Crippen molar-refractivity contribution >= 4 is 33.7 Å². The van der Waals surface area contributed by atoms with Crippen LogP contribution in [-0.4, -0.2) is 17.3 Å². The van der Waals surface area contributed by atoms with E-state index in [1.54, 1.807) is 7.05 Å². The SMILES string of the molecule is CNCc1cc(F)c(/[SH](=O)=N/C(=O)Nc2c3c(cc4c2CCC4)CCC3)s1. The maximum atomic E-state index is 14.0. The number of carbonyl (C=O) groups excluding carboxylic acids is 1. The molecule has 144 valence electrons. The van der Waals surface area contributed by atoms with E-state index in [-0.39, 0.29) is 4.21 Å². The average Bonchev–Trinajstić information content (AvgIpc) is 3.34. The van der Waals surface area contributed by atoms with Gasteiger partial charge in [-0.05, 0) is 73.9 Å². The molecule has 5 nitrogen and oxygen atoms in total. The molecule has 2 amide bonds. The molecule has 0 saturated heterocycles. The number of thiol groups is 1. The lowest BCUT2D eigenvalue weighted by atomic mass is 9.99. The highest BCUT2D eigenvalue weighted by Gasteiger charge is 2.25. The summed E-state index contributed by atoms with van der Waals surface area (Å²) < 4.78 is 30.2. The van der Waals surface area contributed by atoms with E-state index in [1.807, 2.05) is 0 Å². The van der Waals surface area contributed by atoms with Crippen molar-refractivity contribution in [1.29, 1.82) is 0 Å². The second-order valence-corrected chi connectivity index (χ2v) is 9.57. The normalized spacial score (nSPS) is 16.4. The first-order valence-corrected chi connectivity index (χ1v) is 11.2. The van der Waals surface area contributed by atoms with Crippen LogP contribution in [0, 0.1) is 5.82 Å². The Morgan fingerprint density at radius 3 is 2.48 bits per heavy atom. The largest absolute Gasteiger partial charge is 0.353 e. The lowest BCUT2D eigenvalue weighted by molar-refractivity contribution is 0.260. The third kappa shape index (κ3) is 3.66. The molecule has 27 heavy (non-hydrogen) atoms. The number of anilines is 1. The second kappa shape index (κ2) is 7.69. The lowest BCUT2D eigenvalue weighted by Gasteiger charge is -2.14. The molecule has 2 N–H and O–H groups in total. The van der Waals surface area contributed by atoms with Crippen molar-refractivity contribution in [3.8, 4) is 0 Å². The molecule has 8 heteroatoms. The third-order valence-corrected chi connectivity index (χ3v) is 7.71. The molecule has 0 spiro atoms. The summed E-state index contributed by atoms with van der Waals surface area (Å²) in [5, 5.41) is 5.80. The van der Waals surface area contributed by atoms with E-state index in [0.717, 1.165) is 60.4 Å². The summed E-state index contributed by atoms with van der Waals surface area (Å²) in [5.74, 6) is -0.565. The molecule has 0 aliphatic heterocycles. The van der Waals surface area contributed by atoms with Crippen LogP contribution in [0.1, 0.15) is 40.0 Å². The molecular formula is C19H22FN3O2S2. The Kier molecular flexibility index (Phi) is 5.29. The zero-order valence-corrected chi connectivity index (χ0v) is 16.8. The molecule has 1 atom stereocenters. The van der Waals surface area contributed by atoms with Crippen LogP contribution in [0.4, 0.5) is 14.9 Å². The standard InChI is InChI=1S/C19H22FN3O2S2/c1-21-10-13-9-16(20)18(26-13)27(25)23-19(24)22-17-14-6-2-4-11(14)8-12-5-3-7-15(12)17/h8-9,21,27H,2-7,10H2,1H3,(H,22,24). The van der Waals surface area contributed by atoms with Crippen molar-refractivity contribution in [2.75, 3.05) is 12.4 Å². The molecule has 0 saturated carbocycles. The van der Waals surface area contributed by atoms with Gasteiger partial charge in [0.2, 0.25) is 0 Å². The first kappa shape index (κ1) is 18.6. The average molecular weight is 408 g/mol. The summed E-state index contributed by atoms with van der Waals surface area (Å²) in [6, 6.07) is 2.96. The van der Waals surface area contributed by atoms with Crippen molar-refractivity contribution in [2.45, 2.75) is 49.3 Å². The summed E-state index contributed by atoms with van der Waals surface area (Å²) in [6.07, 6.45) is 6.12. The van der Waals surface area contributed by atoms with E-state index in [4.69, 9.17) is 0 Å². The van der Waals surface area contributed by atoms with Crippen LogP contribution in [0.15, 0.2) is 20.7 Å². The lowest BCUT2D eigenvalue weighted by Crippen LogP contribution is -2.11. The Bertz CT molecular complexity index is 961. The maximum absolute atomic E-state index is 14.0. The van der Waals surface area contributed by atoms with Gasteiger partial charge >= 0.3 is 6.03 Å². The van der Waals surface area contributed by atoms with Crippen molar-refractivity contribution in [1.82, 2.24) is 5.32 Å². The van der Waals surface area contributed by atoms with E-state index in [1.165, 1.54) is 28.3 Å². The number of nitrogens with one attached hydrogen (secondary N) is 2. The molecule has 0 bridgehead atoms. The smallest absolute Gasteiger partial charge is 0.315 e. The number of fused-ring (bicyclic) bond motifs is 2. The molecule has 1 aromatic carbocycles. The Balaban J connectivity index is 1.60. The Morgan fingerprint density at radius 1 is 1.19 bits per heavy atom. The number of urea groups is 1. The van der Waals surface area contributed by atoms with Crippen LogP contribution in [0.5, 0.6) is 0 Å². The van der Waals surface area contributed by atoms with E-state index in [9.17, 15) is 13.4 Å². The predicted molar refractivity (Wildman–Crippen MR) is 107 cm³/mol. The van der Waals surface area contributed by atoms with Gasteiger partial charge in [-0.25, -0.2) is 13.4 Å². The van der Waals surface area contributed by atoms with Gasteiger partial charge in [0.15, 0.2) is 5.82 Å². The van der Waals surface area contributed by atoms with Crippen LogP contribution in [0.25, 0.3) is 0 Å². The minimum absolute atomic E-state index is 0.0221. The van der Waals surface area contributed by atoms with Crippen LogP contribution >= 0.6 is 11.3 Å². The molecule has 0 radical (unpaired) electrons. The van der Waals surface area contributed by atoms with Gasteiger partial charge in [-0.1, -0.05) is 6.07 Å². The topological polar surface area (TPSA) is 70.6 Å². The quantitative estimate of drug-likeness (QED) is 0.675. The Labute approximate surface area is 163 Å². The van der Waals surface area contributed by atoms with E-state index >= 15 is 0 Å². The summed E-state index contributed by atoms with van der Waals surface area (Å²) in [4.78, 5) is 13.2. The monoisotopic (exact) mass is 407 g/mol. The first-order valence-electron chi connectivity index (χ1n) is 9.16. The molecule has 1 heterocycles. The van der Waals surface area contributed by atoms with Gasteiger partial charge in [0.25, 0.3) is 0 Å². The fourth-order valence-corrected chi connectivity index (χ4v) is 6.15. The van der Waals surface area contributed by atoms with Crippen LogP contribution in [-0.2, 0) is 42.8 Å². The summed E-state index contributed by atoms with van der Waals surface area (Å²) in [6.45, 7) is 0.485. The predicted octanol–water partition coefficient (Wildman–Crippen LogP) is 3.84. The van der Waals surface area contributed by atoms with Gasteiger partial charge in [0.1, 0.15) is 4.21 Å². The first-order chi connectivity index (χ1) is 13.1. The highest BCUT2D eigenvalue weighted by molar-refractivity contribution is 7.78. The van der Waals surface area contributed by atoms with E-state index < -0.39 is 22.4 Å². The summed E-state index contributed by atoms with van der Waals surface area (Å²) in [5.41, 5.74) is 5.84. The zero-order valence-electron chi connectivity index (χ0n) is 15.1. The van der Waals surface area contributed by atoms with Crippen molar-refractivity contribution in [3.63, 3.8) is 0 Å². The highest BCUT2D eigenvalue weighted by atomic mass is 32.2. The number of thiophene rings is 1. The van der Waals surface area contributed by atoms with Gasteiger partial charge < -0.3 is 10.6 Å². The number of nitrogens with zero attached hydrogens (tertiary/aromatic N) is 1. The number of rotatable bonds is 4. The molecule has 2 aliphatic carbocycles. The van der Waals surface area contributed by atoms with Crippen molar-refractivity contribution < 1.29 is 13.4 Å². The molecule has 2 aliphatic rings. The molecular weight excluding hydrogens is 385 g/mol. The Hall–Kier alpha value is -1.77. The number of hydrogen-bond acceptors (Lipinski definition) is 4. The highest BCUT2D eigenvalue weighted by Crippen LogP contribution is 2.38. The fraction of sp³-hybridized carbons (Fsp3) is 0.421. The van der Waals surface area contributed by atoms with E-state index in [2.05, 4.69) is 21.1 Å². The van der Waals surface area contributed by atoms with Gasteiger partial charge in [-0.2, -0.15) is 0 Å². The zero-order chi connectivity index (χ0) is 19.0. The van der Waals surface area contributed by atoms with Crippen LogP contribution in [0.2, 0.25) is 0 Å². The number of benzene rings is 1. The summed E-state index contributed by atoms with van der Waals surface area (Å²) in [7, 11) is -0.699. The van der Waals surface area contributed by atoms with Gasteiger partial charge in [-0.15, -0.1) is 15.7 Å². The molecule has 2 aromatic rings. The number of carbonyl (C=O) groups is 1. The van der Waals surface area contributed by atoms with Crippen LogP contribution in [0.3, 0.4) is 0 Å². The maximum Gasteiger partial charge on any atom is 0.353 e. The molecule has 1 unspecified atom stereocenters. The number of aryl methyl sites for hydroxylation is 2. The number of halogens is 1. The summed E-state index contributed by atoms with van der Waals surface area (Å²) >= 11 is 1.09. The Morgan fingerprint density at radius 2 is 1.85 bits per heavy atom. The molecule has 4 rings (SSSR count). The van der Waals surface area contributed by atoms with Gasteiger partial charge in [0.05, 0.1) is 10.6 Å².